The number of H-pyrrole nitrogens is 1. The van der Waals surface area contributed by atoms with Crippen LogP contribution < -0.4 is 5.32 Å². The second-order valence-electron chi connectivity index (χ2n) is 6.68. The summed E-state index contributed by atoms with van der Waals surface area (Å²) in [7, 11) is 2.05. The molecule has 3 rings (SSSR count). The highest BCUT2D eigenvalue weighted by atomic mass is 16.5. The van der Waals surface area contributed by atoms with E-state index < -0.39 is 0 Å². The van der Waals surface area contributed by atoms with Crippen molar-refractivity contribution < 1.29 is 9.32 Å². The van der Waals surface area contributed by atoms with Gasteiger partial charge in [-0.2, -0.15) is 10.1 Å². The minimum absolute atomic E-state index is 0.00954. The molecule has 2 aromatic heterocycles. The van der Waals surface area contributed by atoms with Crippen molar-refractivity contribution in [2.24, 2.45) is 0 Å². The number of aromatic amines is 1. The lowest BCUT2D eigenvalue weighted by atomic mass is 10.2. The van der Waals surface area contributed by atoms with Gasteiger partial charge in [-0.3, -0.25) is 19.7 Å². The molecule has 1 fully saturated rings. The van der Waals surface area contributed by atoms with Crippen LogP contribution in [0.15, 0.2) is 4.52 Å². The molecular weight excluding hydrogens is 322 g/mol. The molecule has 25 heavy (non-hydrogen) atoms. The Balaban J connectivity index is 1.48. The van der Waals surface area contributed by atoms with E-state index in [4.69, 9.17) is 4.52 Å². The van der Waals surface area contributed by atoms with Gasteiger partial charge in [-0.15, -0.1) is 0 Å². The van der Waals surface area contributed by atoms with Gasteiger partial charge in [-0.05, 0) is 27.3 Å². The first-order valence-electron chi connectivity index (χ1n) is 8.45. The van der Waals surface area contributed by atoms with Gasteiger partial charge in [0, 0.05) is 26.1 Å². The molecule has 2 aromatic rings. The SMILES string of the molecule is Cc1nc(CN(C)[C@H]2CCN(CC(=O)Nc3c(C)n[nH]c3C)C2)no1. The number of likely N-dealkylation sites (tertiary alicyclic amines) is 1. The zero-order valence-corrected chi connectivity index (χ0v) is 15.2. The van der Waals surface area contributed by atoms with Crippen molar-refractivity contribution in [3.8, 4) is 0 Å². The minimum atomic E-state index is -0.00954. The number of rotatable bonds is 6. The monoisotopic (exact) mass is 347 g/mol. The molecule has 0 aliphatic carbocycles. The fourth-order valence-electron chi connectivity index (χ4n) is 3.19. The number of aromatic nitrogens is 4. The van der Waals surface area contributed by atoms with Crippen LogP contribution in [-0.2, 0) is 11.3 Å². The highest BCUT2D eigenvalue weighted by molar-refractivity contribution is 5.93. The third-order valence-electron chi connectivity index (χ3n) is 4.59. The number of anilines is 1. The number of hydrogen-bond acceptors (Lipinski definition) is 7. The van der Waals surface area contributed by atoms with Crippen molar-refractivity contribution in [3.05, 3.63) is 23.1 Å². The normalized spacial score (nSPS) is 18.2. The van der Waals surface area contributed by atoms with E-state index in [2.05, 4.69) is 42.5 Å². The lowest BCUT2D eigenvalue weighted by Gasteiger charge is -2.23. The molecule has 1 amide bonds. The van der Waals surface area contributed by atoms with Crippen LogP contribution in [0.1, 0.15) is 29.5 Å². The number of likely N-dealkylation sites (N-methyl/N-ethyl adjacent to an activating group) is 1. The Morgan fingerprint density at radius 2 is 2.24 bits per heavy atom. The van der Waals surface area contributed by atoms with Gasteiger partial charge >= 0.3 is 0 Å². The minimum Gasteiger partial charge on any atom is -0.340 e. The van der Waals surface area contributed by atoms with Crippen molar-refractivity contribution in [2.75, 3.05) is 32.0 Å². The molecule has 0 saturated carbocycles. The number of amides is 1. The summed E-state index contributed by atoms with van der Waals surface area (Å²) < 4.78 is 5.01. The maximum atomic E-state index is 12.3. The van der Waals surface area contributed by atoms with Crippen LogP contribution in [0, 0.1) is 20.8 Å². The number of nitrogens with zero attached hydrogens (tertiary/aromatic N) is 5. The summed E-state index contributed by atoms with van der Waals surface area (Å²) in [5.74, 6) is 1.27. The zero-order valence-electron chi connectivity index (χ0n) is 15.2. The highest BCUT2D eigenvalue weighted by Gasteiger charge is 2.27. The summed E-state index contributed by atoms with van der Waals surface area (Å²) in [5, 5.41) is 13.9. The second kappa shape index (κ2) is 7.32. The summed E-state index contributed by atoms with van der Waals surface area (Å²) >= 11 is 0. The first-order chi connectivity index (χ1) is 11.9. The van der Waals surface area contributed by atoms with Crippen LogP contribution in [0.5, 0.6) is 0 Å². The van der Waals surface area contributed by atoms with E-state index in [1.165, 1.54) is 0 Å². The maximum absolute atomic E-state index is 12.3. The standard InChI is InChI=1S/C16H25N7O2/c1-10-16(11(2)20-19-10)18-15(24)9-23-6-5-13(7-23)22(4)8-14-17-12(3)25-21-14/h13H,5-9H2,1-4H3,(H,18,24)(H,19,20)/t13-/m0/s1. The molecule has 1 aliphatic heterocycles. The fraction of sp³-hybridized carbons (Fsp3) is 0.625. The molecule has 0 spiro atoms. The van der Waals surface area contributed by atoms with Gasteiger partial charge in [0.25, 0.3) is 0 Å². The Hall–Kier alpha value is -2.26. The molecule has 9 nitrogen and oxygen atoms in total. The first kappa shape index (κ1) is 17.6. The third-order valence-corrected chi connectivity index (χ3v) is 4.59. The molecule has 1 aliphatic rings. The maximum Gasteiger partial charge on any atom is 0.238 e. The Morgan fingerprint density at radius 3 is 2.88 bits per heavy atom. The summed E-state index contributed by atoms with van der Waals surface area (Å²) in [4.78, 5) is 20.9. The molecule has 0 aromatic carbocycles. The first-order valence-corrected chi connectivity index (χ1v) is 8.45. The molecule has 1 saturated heterocycles. The molecule has 136 valence electrons. The van der Waals surface area contributed by atoms with Gasteiger partial charge in [0.2, 0.25) is 11.8 Å². The predicted octanol–water partition coefficient (Wildman–Crippen LogP) is 0.863. The van der Waals surface area contributed by atoms with Crippen LogP contribution in [0.25, 0.3) is 0 Å². The molecule has 2 N–H and O–H groups in total. The number of aryl methyl sites for hydroxylation is 3. The fourth-order valence-corrected chi connectivity index (χ4v) is 3.19. The van der Waals surface area contributed by atoms with Gasteiger partial charge < -0.3 is 9.84 Å². The van der Waals surface area contributed by atoms with Gasteiger partial charge in [-0.1, -0.05) is 5.16 Å². The molecule has 0 radical (unpaired) electrons. The Morgan fingerprint density at radius 1 is 1.44 bits per heavy atom. The Labute approximate surface area is 146 Å². The lowest BCUT2D eigenvalue weighted by Crippen LogP contribution is -2.37. The van der Waals surface area contributed by atoms with Crippen molar-refractivity contribution in [3.63, 3.8) is 0 Å². The van der Waals surface area contributed by atoms with Gasteiger partial charge in [0.1, 0.15) is 0 Å². The number of carbonyl (C=O) groups is 1. The van der Waals surface area contributed by atoms with Crippen LogP contribution in [0.2, 0.25) is 0 Å². The van der Waals surface area contributed by atoms with Crippen molar-refractivity contribution in [2.45, 2.75) is 39.8 Å². The van der Waals surface area contributed by atoms with E-state index in [-0.39, 0.29) is 5.91 Å². The van der Waals surface area contributed by atoms with E-state index >= 15 is 0 Å². The topological polar surface area (TPSA) is 103 Å². The van der Waals surface area contributed by atoms with Gasteiger partial charge in [0.05, 0.1) is 30.2 Å². The van der Waals surface area contributed by atoms with E-state index in [1.54, 1.807) is 6.92 Å². The van der Waals surface area contributed by atoms with E-state index in [0.717, 1.165) is 36.6 Å². The molecule has 0 unspecified atom stereocenters. The van der Waals surface area contributed by atoms with E-state index in [9.17, 15) is 4.79 Å². The van der Waals surface area contributed by atoms with Crippen molar-refractivity contribution in [1.82, 2.24) is 30.1 Å². The Kier molecular flexibility index (Phi) is 5.14. The van der Waals surface area contributed by atoms with Crippen LogP contribution in [0.3, 0.4) is 0 Å². The lowest BCUT2D eigenvalue weighted by molar-refractivity contribution is -0.117. The molecular formula is C16H25N7O2. The number of hydrogen-bond donors (Lipinski definition) is 2. The van der Waals surface area contributed by atoms with Gasteiger partial charge in [-0.25, -0.2) is 0 Å². The largest absolute Gasteiger partial charge is 0.340 e. The quantitative estimate of drug-likeness (QED) is 0.799. The second-order valence-corrected chi connectivity index (χ2v) is 6.68. The zero-order chi connectivity index (χ0) is 18.0. The van der Waals surface area contributed by atoms with Crippen molar-refractivity contribution >= 4 is 11.6 Å². The average Bonchev–Trinajstić information content (AvgIpc) is 3.25. The van der Waals surface area contributed by atoms with Crippen LogP contribution >= 0.6 is 0 Å². The molecule has 0 bridgehead atoms. The molecule has 1 atom stereocenters. The van der Waals surface area contributed by atoms with E-state index in [0.29, 0.717) is 30.8 Å². The highest BCUT2D eigenvalue weighted by Crippen LogP contribution is 2.18. The molecule has 9 heteroatoms. The molecule has 3 heterocycles. The summed E-state index contributed by atoms with van der Waals surface area (Å²) in [6.45, 7) is 8.35. The van der Waals surface area contributed by atoms with Crippen LogP contribution in [-0.4, -0.2) is 68.8 Å². The predicted molar refractivity (Wildman–Crippen MR) is 92.0 cm³/mol. The summed E-state index contributed by atoms with van der Waals surface area (Å²) in [6.07, 6.45) is 1.02. The summed E-state index contributed by atoms with van der Waals surface area (Å²) in [5.41, 5.74) is 2.46. The van der Waals surface area contributed by atoms with Gasteiger partial charge in [0.15, 0.2) is 5.82 Å². The van der Waals surface area contributed by atoms with E-state index in [1.807, 2.05) is 13.8 Å². The third kappa shape index (κ3) is 4.23. The number of carbonyl (C=O) groups excluding carboxylic acids is 1. The Bertz CT molecular complexity index is 719. The smallest absolute Gasteiger partial charge is 0.238 e. The van der Waals surface area contributed by atoms with Crippen LogP contribution in [0.4, 0.5) is 5.69 Å². The summed E-state index contributed by atoms with van der Waals surface area (Å²) in [6, 6.07) is 0.379. The number of nitrogens with one attached hydrogen (secondary N) is 2. The average molecular weight is 347 g/mol. The van der Waals surface area contributed by atoms with Crippen molar-refractivity contribution in [1.29, 1.82) is 0 Å².